The molecule has 2 N–H and O–H groups in total. The second kappa shape index (κ2) is 5.78. The molecule has 0 bridgehead atoms. The zero-order valence-corrected chi connectivity index (χ0v) is 11.8. The molecule has 3 heteroatoms. The van der Waals surface area contributed by atoms with Crippen molar-refractivity contribution in [2.75, 3.05) is 6.54 Å². The summed E-state index contributed by atoms with van der Waals surface area (Å²) in [5, 5.41) is 11.2. The predicted molar refractivity (Wildman–Crippen MR) is 80.9 cm³/mol. The van der Waals surface area contributed by atoms with Gasteiger partial charge >= 0.3 is 6.09 Å². The van der Waals surface area contributed by atoms with Gasteiger partial charge in [-0.3, -0.25) is 0 Å². The highest BCUT2D eigenvalue weighted by molar-refractivity contribution is 5.65. The van der Waals surface area contributed by atoms with Crippen LogP contribution in [0.2, 0.25) is 0 Å². The smallest absolute Gasteiger partial charge is 0.404 e. The maximum absolute atomic E-state index is 10.6. The average Bonchev–Trinajstić information content (AvgIpc) is 2.46. The van der Waals surface area contributed by atoms with E-state index < -0.39 is 6.09 Å². The standard InChI is InChI=1S/C17H19NO2/c1-17(2,12-18-16(19)20)15-10-8-14(9-11-15)13-6-4-3-5-7-13/h3-11,18H,12H2,1-2H3,(H,19,20). The maximum atomic E-state index is 10.6. The summed E-state index contributed by atoms with van der Waals surface area (Å²) in [5.41, 5.74) is 3.23. The van der Waals surface area contributed by atoms with E-state index in [-0.39, 0.29) is 5.41 Å². The van der Waals surface area contributed by atoms with Crippen LogP contribution in [0.1, 0.15) is 19.4 Å². The molecule has 20 heavy (non-hydrogen) atoms. The molecule has 1 amide bonds. The highest BCUT2D eigenvalue weighted by atomic mass is 16.4. The fourth-order valence-electron chi connectivity index (χ4n) is 2.14. The van der Waals surface area contributed by atoms with E-state index >= 15 is 0 Å². The molecular formula is C17H19NO2. The summed E-state index contributed by atoms with van der Waals surface area (Å²) in [5.74, 6) is 0. The number of hydrogen-bond donors (Lipinski definition) is 2. The molecule has 104 valence electrons. The van der Waals surface area contributed by atoms with Gasteiger partial charge in [0.25, 0.3) is 0 Å². The second-order valence-corrected chi connectivity index (χ2v) is 5.49. The van der Waals surface area contributed by atoms with E-state index in [2.05, 4.69) is 41.7 Å². The van der Waals surface area contributed by atoms with Gasteiger partial charge in [0.2, 0.25) is 0 Å². The minimum absolute atomic E-state index is 0.229. The molecule has 0 fully saturated rings. The lowest BCUT2D eigenvalue weighted by atomic mass is 9.84. The fraction of sp³-hybridized carbons (Fsp3) is 0.235. The van der Waals surface area contributed by atoms with E-state index in [0.29, 0.717) is 6.54 Å². The summed E-state index contributed by atoms with van der Waals surface area (Å²) in [4.78, 5) is 10.6. The molecule has 3 nitrogen and oxygen atoms in total. The van der Waals surface area contributed by atoms with Gasteiger partial charge in [-0.05, 0) is 16.7 Å². The first-order valence-corrected chi connectivity index (χ1v) is 6.62. The first-order valence-electron chi connectivity index (χ1n) is 6.62. The number of carbonyl (C=O) groups is 1. The Morgan fingerprint density at radius 2 is 1.55 bits per heavy atom. The zero-order valence-electron chi connectivity index (χ0n) is 11.8. The highest BCUT2D eigenvalue weighted by Crippen LogP contribution is 2.26. The van der Waals surface area contributed by atoms with Crippen molar-refractivity contribution in [2.24, 2.45) is 0 Å². The Hall–Kier alpha value is -2.29. The van der Waals surface area contributed by atoms with Crippen molar-refractivity contribution in [1.82, 2.24) is 5.32 Å². The van der Waals surface area contributed by atoms with Crippen molar-refractivity contribution in [2.45, 2.75) is 19.3 Å². The van der Waals surface area contributed by atoms with E-state index in [4.69, 9.17) is 5.11 Å². The summed E-state index contributed by atoms with van der Waals surface area (Å²) in [7, 11) is 0. The van der Waals surface area contributed by atoms with Crippen LogP contribution in [0.3, 0.4) is 0 Å². The topological polar surface area (TPSA) is 49.3 Å². The predicted octanol–water partition coefficient (Wildman–Crippen LogP) is 3.90. The van der Waals surface area contributed by atoms with Crippen molar-refractivity contribution >= 4 is 6.09 Å². The molecule has 0 heterocycles. The first-order chi connectivity index (χ1) is 9.49. The minimum Gasteiger partial charge on any atom is -0.465 e. The van der Waals surface area contributed by atoms with Crippen LogP contribution in [0.4, 0.5) is 4.79 Å². The van der Waals surface area contributed by atoms with Gasteiger partial charge in [-0.25, -0.2) is 4.79 Å². The number of carboxylic acid groups (broad SMARTS) is 1. The molecule has 2 aromatic rings. The van der Waals surface area contributed by atoms with Crippen LogP contribution in [0, 0.1) is 0 Å². The quantitative estimate of drug-likeness (QED) is 0.884. The SMILES string of the molecule is CC(C)(CNC(=O)O)c1ccc(-c2ccccc2)cc1. The first kappa shape index (κ1) is 14.1. The normalized spacial score (nSPS) is 11.1. The molecule has 0 unspecified atom stereocenters. The summed E-state index contributed by atoms with van der Waals surface area (Å²) in [6.07, 6.45) is -0.987. The Bertz CT molecular complexity index is 574. The Morgan fingerprint density at radius 3 is 2.10 bits per heavy atom. The lowest BCUT2D eigenvalue weighted by molar-refractivity contribution is 0.192. The summed E-state index contributed by atoms with van der Waals surface area (Å²) in [6, 6.07) is 18.5. The van der Waals surface area contributed by atoms with Crippen molar-refractivity contribution in [3.8, 4) is 11.1 Å². The van der Waals surface area contributed by atoms with Crippen LogP contribution < -0.4 is 5.32 Å². The van der Waals surface area contributed by atoms with Crippen LogP contribution in [0.15, 0.2) is 54.6 Å². The third-order valence-electron chi connectivity index (χ3n) is 3.46. The summed E-state index contributed by atoms with van der Waals surface area (Å²) in [6.45, 7) is 4.45. The van der Waals surface area contributed by atoms with Gasteiger partial charge in [0.1, 0.15) is 0 Å². The molecule has 0 saturated heterocycles. The Balaban J connectivity index is 2.17. The molecular weight excluding hydrogens is 250 g/mol. The Kier molecular flexibility index (Phi) is 4.08. The minimum atomic E-state index is -0.987. The highest BCUT2D eigenvalue weighted by Gasteiger charge is 2.21. The van der Waals surface area contributed by atoms with Gasteiger partial charge < -0.3 is 10.4 Å². The molecule has 0 aliphatic carbocycles. The monoisotopic (exact) mass is 269 g/mol. The van der Waals surface area contributed by atoms with Crippen LogP contribution >= 0.6 is 0 Å². The van der Waals surface area contributed by atoms with E-state index in [9.17, 15) is 4.79 Å². The number of hydrogen-bond acceptors (Lipinski definition) is 1. The fourth-order valence-corrected chi connectivity index (χ4v) is 2.14. The van der Waals surface area contributed by atoms with E-state index in [1.807, 2.05) is 32.0 Å². The second-order valence-electron chi connectivity index (χ2n) is 5.49. The molecule has 0 atom stereocenters. The van der Waals surface area contributed by atoms with Gasteiger partial charge in [0.05, 0.1) is 0 Å². The van der Waals surface area contributed by atoms with Gasteiger partial charge in [0, 0.05) is 12.0 Å². The molecule has 0 radical (unpaired) electrons. The van der Waals surface area contributed by atoms with Crippen LogP contribution in [-0.4, -0.2) is 17.7 Å². The molecule has 0 saturated carbocycles. The number of amides is 1. The summed E-state index contributed by atoms with van der Waals surface area (Å²) >= 11 is 0. The van der Waals surface area contributed by atoms with Crippen molar-refractivity contribution in [3.63, 3.8) is 0 Å². The van der Waals surface area contributed by atoms with Crippen molar-refractivity contribution in [1.29, 1.82) is 0 Å². The largest absolute Gasteiger partial charge is 0.465 e. The molecule has 0 aliphatic heterocycles. The molecule has 2 rings (SSSR count). The molecule has 2 aromatic carbocycles. The maximum Gasteiger partial charge on any atom is 0.404 e. The molecule has 0 spiro atoms. The number of nitrogens with one attached hydrogen (secondary N) is 1. The van der Waals surface area contributed by atoms with Crippen LogP contribution in [-0.2, 0) is 5.41 Å². The van der Waals surface area contributed by atoms with Gasteiger partial charge in [-0.2, -0.15) is 0 Å². The van der Waals surface area contributed by atoms with Crippen LogP contribution in [0.25, 0.3) is 11.1 Å². The lowest BCUT2D eigenvalue weighted by Crippen LogP contribution is -2.35. The van der Waals surface area contributed by atoms with E-state index in [0.717, 1.165) is 11.1 Å². The third-order valence-corrected chi connectivity index (χ3v) is 3.46. The third kappa shape index (κ3) is 3.38. The van der Waals surface area contributed by atoms with Gasteiger partial charge in [0.15, 0.2) is 0 Å². The van der Waals surface area contributed by atoms with Gasteiger partial charge in [-0.1, -0.05) is 68.4 Å². The zero-order chi connectivity index (χ0) is 14.6. The number of benzene rings is 2. The molecule has 0 aliphatic rings. The summed E-state index contributed by atoms with van der Waals surface area (Å²) < 4.78 is 0. The Morgan fingerprint density at radius 1 is 1.00 bits per heavy atom. The molecule has 0 aromatic heterocycles. The van der Waals surface area contributed by atoms with Crippen molar-refractivity contribution in [3.05, 3.63) is 60.2 Å². The number of rotatable bonds is 4. The van der Waals surface area contributed by atoms with E-state index in [1.165, 1.54) is 5.56 Å². The van der Waals surface area contributed by atoms with E-state index in [1.54, 1.807) is 0 Å². The average molecular weight is 269 g/mol. The van der Waals surface area contributed by atoms with Crippen molar-refractivity contribution < 1.29 is 9.90 Å². The van der Waals surface area contributed by atoms with Crippen LogP contribution in [0.5, 0.6) is 0 Å². The lowest BCUT2D eigenvalue weighted by Gasteiger charge is -2.25. The van der Waals surface area contributed by atoms with Gasteiger partial charge in [-0.15, -0.1) is 0 Å². The Labute approximate surface area is 119 Å².